The molecule has 0 radical (unpaired) electrons. The fraction of sp³-hybridized carbons (Fsp3) is 0.643. The van der Waals surface area contributed by atoms with Gasteiger partial charge in [-0.2, -0.15) is 0 Å². The van der Waals surface area contributed by atoms with Crippen LogP contribution in [0.1, 0.15) is 37.2 Å². The van der Waals surface area contributed by atoms with Gasteiger partial charge in [0.2, 0.25) is 0 Å². The monoisotopic (exact) mass is 294 g/mol. The van der Waals surface area contributed by atoms with Crippen molar-refractivity contribution >= 4 is 11.6 Å². The zero-order valence-electron chi connectivity index (χ0n) is 12.5. The van der Waals surface area contributed by atoms with E-state index >= 15 is 0 Å². The number of amides is 1. The number of carbonyl (C=O) groups excluding carboxylic acids is 1. The second kappa shape index (κ2) is 6.26. The molecule has 1 aromatic rings. The molecule has 116 valence electrons. The average molecular weight is 294 g/mol. The first-order chi connectivity index (χ1) is 9.93. The van der Waals surface area contributed by atoms with E-state index in [0.29, 0.717) is 31.2 Å². The van der Waals surface area contributed by atoms with E-state index < -0.39 is 4.92 Å². The lowest BCUT2D eigenvalue weighted by Gasteiger charge is -2.18. The molecule has 1 aromatic heterocycles. The van der Waals surface area contributed by atoms with Crippen LogP contribution < -0.4 is 5.73 Å². The van der Waals surface area contributed by atoms with Gasteiger partial charge in [0, 0.05) is 31.7 Å². The Kier molecular flexibility index (Phi) is 4.62. The molecule has 0 spiro atoms. The number of hydrogen-bond donors (Lipinski definition) is 1. The molecule has 2 unspecified atom stereocenters. The number of carbonyl (C=O) groups is 1. The Labute approximate surface area is 123 Å². The summed E-state index contributed by atoms with van der Waals surface area (Å²) in [6.45, 7) is 5.81. The molecule has 1 saturated heterocycles. The van der Waals surface area contributed by atoms with Crippen LogP contribution in [-0.2, 0) is 6.54 Å². The van der Waals surface area contributed by atoms with Crippen molar-refractivity contribution in [2.24, 2.45) is 11.7 Å². The van der Waals surface area contributed by atoms with Crippen molar-refractivity contribution in [2.75, 3.05) is 13.1 Å². The lowest BCUT2D eigenvalue weighted by Crippen LogP contribution is -2.33. The quantitative estimate of drug-likeness (QED) is 0.659. The second-order valence-corrected chi connectivity index (χ2v) is 5.69. The fourth-order valence-electron chi connectivity index (χ4n) is 2.76. The largest absolute Gasteiger partial charge is 0.337 e. The highest BCUT2D eigenvalue weighted by Gasteiger charge is 2.31. The molecule has 0 aliphatic carbocycles. The summed E-state index contributed by atoms with van der Waals surface area (Å²) in [4.78, 5) is 24.8. The van der Waals surface area contributed by atoms with Crippen LogP contribution >= 0.6 is 0 Å². The van der Waals surface area contributed by atoms with Crippen LogP contribution in [0.5, 0.6) is 0 Å². The summed E-state index contributed by atoms with van der Waals surface area (Å²) in [5, 5.41) is 10.9. The van der Waals surface area contributed by atoms with Crippen molar-refractivity contribution < 1.29 is 9.72 Å². The molecule has 0 bridgehead atoms. The Bertz CT molecular complexity index is 538. The maximum absolute atomic E-state index is 12.6. The molecule has 2 heterocycles. The third-order valence-corrected chi connectivity index (χ3v) is 4.03. The number of aromatic nitrogens is 1. The summed E-state index contributed by atoms with van der Waals surface area (Å²) in [5.74, 6) is 0.165. The number of nitro groups is 1. The standard InChI is InChI=1S/C14H22N4O3/c1-3-5-16-9-12(18(20)21)7-13(16)14(19)17-6-4-11(8-17)10(2)15/h7,9-11H,3-6,8,15H2,1-2H3. The highest BCUT2D eigenvalue weighted by Crippen LogP contribution is 2.23. The van der Waals surface area contributed by atoms with Crippen molar-refractivity contribution in [2.45, 2.75) is 39.3 Å². The van der Waals surface area contributed by atoms with Gasteiger partial charge < -0.3 is 15.2 Å². The first-order valence-corrected chi connectivity index (χ1v) is 7.33. The van der Waals surface area contributed by atoms with Crippen LogP contribution in [0.25, 0.3) is 0 Å². The van der Waals surface area contributed by atoms with Crippen molar-refractivity contribution in [3.05, 3.63) is 28.1 Å². The number of likely N-dealkylation sites (tertiary alicyclic amines) is 1. The molecule has 2 atom stereocenters. The minimum Gasteiger partial charge on any atom is -0.337 e. The van der Waals surface area contributed by atoms with Crippen molar-refractivity contribution in [3.8, 4) is 0 Å². The molecule has 1 aliphatic heterocycles. The van der Waals surface area contributed by atoms with Crippen LogP contribution in [0.3, 0.4) is 0 Å². The molecule has 1 fully saturated rings. The lowest BCUT2D eigenvalue weighted by molar-refractivity contribution is -0.384. The average Bonchev–Trinajstić information content (AvgIpc) is 3.05. The van der Waals surface area contributed by atoms with E-state index in [1.54, 1.807) is 9.47 Å². The Morgan fingerprint density at radius 1 is 1.62 bits per heavy atom. The Morgan fingerprint density at radius 3 is 2.86 bits per heavy atom. The first-order valence-electron chi connectivity index (χ1n) is 7.33. The molecule has 2 rings (SSSR count). The maximum atomic E-state index is 12.6. The number of nitrogens with zero attached hydrogens (tertiary/aromatic N) is 3. The van der Waals surface area contributed by atoms with Gasteiger partial charge >= 0.3 is 0 Å². The third-order valence-electron chi connectivity index (χ3n) is 4.03. The first kappa shape index (κ1) is 15.5. The molecular formula is C14H22N4O3. The summed E-state index contributed by atoms with van der Waals surface area (Å²) in [6.07, 6.45) is 3.14. The molecule has 2 N–H and O–H groups in total. The van der Waals surface area contributed by atoms with E-state index in [2.05, 4.69) is 0 Å². The van der Waals surface area contributed by atoms with Crippen LogP contribution in [0.2, 0.25) is 0 Å². The molecule has 7 heteroatoms. The summed E-state index contributed by atoms with van der Waals surface area (Å²) in [7, 11) is 0. The third kappa shape index (κ3) is 3.24. The number of nitrogens with two attached hydrogens (primary N) is 1. The second-order valence-electron chi connectivity index (χ2n) is 5.69. The zero-order valence-corrected chi connectivity index (χ0v) is 12.5. The van der Waals surface area contributed by atoms with E-state index in [-0.39, 0.29) is 17.6 Å². The van der Waals surface area contributed by atoms with Gasteiger partial charge in [0.05, 0.1) is 11.1 Å². The van der Waals surface area contributed by atoms with E-state index in [0.717, 1.165) is 12.8 Å². The van der Waals surface area contributed by atoms with Crippen LogP contribution in [0, 0.1) is 16.0 Å². The van der Waals surface area contributed by atoms with Gasteiger partial charge in [-0.1, -0.05) is 6.92 Å². The fourth-order valence-corrected chi connectivity index (χ4v) is 2.76. The van der Waals surface area contributed by atoms with Gasteiger partial charge in [-0.15, -0.1) is 0 Å². The van der Waals surface area contributed by atoms with Gasteiger partial charge in [0.15, 0.2) is 0 Å². The summed E-state index contributed by atoms with van der Waals surface area (Å²) < 4.78 is 1.68. The minimum absolute atomic E-state index is 0.0326. The molecule has 7 nitrogen and oxygen atoms in total. The van der Waals surface area contributed by atoms with Crippen molar-refractivity contribution in [1.29, 1.82) is 0 Å². The molecule has 0 saturated carbocycles. The van der Waals surface area contributed by atoms with E-state index in [9.17, 15) is 14.9 Å². The van der Waals surface area contributed by atoms with Gasteiger partial charge in [0.25, 0.3) is 11.6 Å². The smallest absolute Gasteiger partial charge is 0.287 e. The normalized spacial score (nSPS) is 19.8. The molecular weight excluding hydrogens is 272 g/mol. The van der Waals surface area contributed by atoms with E-state index in [1.165, 1.54) is 12.3 Å². The highest BCUT2D eigenvalue weighted by molar-refractivity contribution is 5.93. The summed E-state index contributed by atoms with van der Waals surface area (Å²) in [6, 6.07) is 1.43. The van der Waals surface area contributed by atoms with Crippen molar-refractivity contribution in [1.82, 2.24) is 9.47 Å². The van der Waals surface area contributed by atoms with Crippen LogP contribution in [0.4, 0.5) is 5.69 Å². The van der Waals surface area contributed by atoms with Gasteiger partial charge in [-0.25, -0.2) is 0 Å². The lowest BCUT2D eigenvalue weighted by atomic mass is 10.0. The Hall–Kier alpha value is -1.89. The Balaban J connectivity index is 2.20. The van der Waals surface area contributed by atoms with Crippen molar-refractivity contribution in [3.63, 3.8) is 0 Å². The summed E-state index contributed by atoms with van der Waals surface area (Å²) in [5.41, 5.74) is 6.25. The van der Waals surface area contributed by atoms with Gasteiger partial charge in [0.1, 0.15) is 5.69 Å². The molecule has 21 heavy (non-hydrogen) atoms. The van der Waals surface area contributed by atoms with Gasteiger partial charge in [-0.05, 0) is 25.7 Å². The number of hydrogen-bond acceptors (Lipinski definition) is 4. The maximum Gasteiger partial charge on any atom is 0.287 e. The molecule has 1 amide bonds. The van der Waals surface area contributed by atoms with E-state index in [1.807, 2.05) is 13.8 Å². The SMILES string of the molecule is CCCn1cc([N+](=O)[O-])cc1C(=O)N1CCC(C(C)N)C1. The molecule has 1 aliphatic rings. The van der Waals surface area contributed by atoms with Crippen LogP contribution in [-0.4, -0.2) is 39.4 Å². The van der Waals surface area contributed by atoms with Gasteiger partial charge in [-0.3, -0.25) is 14.9 Å². The summed E-state index contributed by atoms with van der Waals surface area (Å²) >= 11 is 0. The minimum atomic E-state index is -0.461. The Morgan fingerprint density at radius 2 is 2.33 bits per heavy atom. The predicted octanol–water partition coefficient (Wildman–Crippen LogP) is 1.62. The number of rotatable bonds is 5. The van der Waals surface area contributed by atoms with E-state index in [4.69, 9.17) is 5.73 Å². The molecule has 0 aromatic carbocycles. The predicted molar refractivity (Wildman–Crippen MR) is 79.0 cm³/mol. The topological polar surface area (TPSA) is 94.4 Å². The van der Waals surface area contributed by atoms with Crippen LogP contribution in [0.15, 0.2) is 12.3 Å². The zero-order chi connectivity index (χ0) is 15.6. The highest BCUT2D eigenvalue weighted by atomic mass is 16.6. The number of aryl methyl sites for hydroxylation is 1.